The van der Waals surface area contributed by atoms with Crippen LogP contribution in [0.1, 0.15) is 26.3 Å². The van der Waals surface area contributed by atoms with Gasteiger partial charge in [-0.2, -0.15) is 0 Å². The van der Waals surface area contributed by atoms with Gasteiger partial charge in [0.2, 0.25) is 0 Å². The number of rotatable bonds is 1. The minimum absolute atomic E-state index is 0.0702. The van der Waals surface area contributed by atoms with Gasteiger partial charge in [-0.25, -0.2) is 0 Å². The summed E-state index contributed by atoms with van der Waals surface area (Å²) in [4.78, 5) is 0. The summed E-state index contributed by atoms with van der Waals surface area (Å²) in [5, 5.41) is 8.40. The monoisotopic (exact) mass is 354 g/mol. The van der Waals surface area contributed by atoms with Crippen molar-refractivity contribution in [2.45, 2.75) is 33.2 Å². The molecule has 0 radical (unpaired) electrons. The van der Waals surface area contributed by atoms with Crippen molar-refractivity contribution in [2.24, 2.45) is 0 Å². The molecule has 0 saturated carbocycles. The Morgan fingerprint density at radius 1 is 0.704 bits per heavy atom. The molecule has 0 N–H and O–H groups in total. The highest BCUT2D eigenvalue weighted by molar-refractivity contribution is 5.99. The van der Waals surface area contributed by atoms with E-state index in [4.69, 9.17) is 0 Å². The standard InChI is InChI=1S/C25H26N2/c1-15-10-9-11-20(12-15)26-16(2)21-13-23-18(4)27(25(6,7)8)19(5)24(23)14-22(21)17(26)3/h9-14H,2-5H2,1,6-8H3. The van der Waals surface area contributed by atoms with Crippen molar-refractivity contribution >= 4 is 47.9 Å². The third-order valence-corrected chi connectivity index (χ3v) is 5.41. The molecule has 0 aliphatic carbocycles. The largest absolute Gasteiger partial charge is 0.336 e. The summed E-state index contributed by atoms with van der Waals surface area (Å²) in [6.07, 6.45) is 0. The summed E-state index contributed by atoms with van der Waals surface area (Å²) in [6, 6.07) is 12.8. The van der Waals surface area contributed by atoms with Crippen LogP contribution in [0.4, 0.5) is 0 Å². The Labute approximate surface area is 159 Å². The van der Waals surface area contributed by atoms with E-state index in [1.54, 1.807) is 0 Å². The Balaban J connectivity index is 2.15. The first-order valence-corrected chi connectivity index (χ1v) is 9.23. The zero-order chi connectivity index (χ0) is 19.7. The molecule has 0 atom stereocenters. The Hall–Kier alpha value is -3.00. The highest BCUT2D eigenvalue weighted by Gasteiger charge is 2.18. The van der Waals surface area contributed by atoms with E-state index < -0.39 is 0 Å². The van der Waals surface area contributed by atoms with Crippen molar-refractivity contribution in [1.29, 1.82) is 0 Å². The van der Waals surface area contributed by atoms with E-state index in [-0.39, 0.29) is 5.54 Å². The minimum Gasteiger partial charge on any atom is -0.336 e. The third kappa shape index (κ3) is 2.40. The van der Waals surface area contributed by atoms with Gasteiger partial charge < -0.3 is 9.13 Å². The van der Waals surface area contributed by atoms with Crippen LogP contribution in [0.25, 0.3) is 53.5 Å². The summed E-state index contributed by atoms with van der Waals surface area (Å²) >= 11 is 0. The maximum Gasteiger partial charge on any atom is 0.0469 e. The number of hydrogen-bond acceptors (Lipinski definition) is 0. The molecule has 2 nitrogen and oxygen atoms in total. The number of nitrogens with zero attached hydrogens (tertiary/aromatic N) is 2. The molecule has 0 amide bonds. The molecule has 2 aromatic carbocycles. The highest BCUT2D eigenvalue weighted by atomic mass is 15.0. The van der Waals surface area contributed by atoms with Crippen LogP contribution < -0.4 is 21.4 Å². The quantitative estimate of drug-likeness (QED) is 0.496. The molecular formula is C25H26N2. The lowest BCUT2D eigenvalue weighted by Crippen LogP contribution is -2.38. The van der Waals surface area contributed by atoms with Crippen molar-refractivity contribution in [3.63, 3.8) is 0 Å². The van der Waals surface area contributed by atoms with Crippen molar-refractivity contribution < 1.29 is 0 Å². The van der Waals surface area contributed by atoms with Gasteiger partial charge in [-0.05, 0) is 57.5 Å². The number of benzene rings is 2. The zero-order valence-corrected chi connectivity index (χ0v) is 16.7. The predicted octanol–water partition coefficient (Wildman–Crippen LogP) is 3.29. The van der Waals surface area contributed by atoms with Gasteiger partial charge in [-0.1, -0.05) is 38.4 Å². The molecule has 0 unspecified atom stereocenters. The molecule has 0 aliphatic heterocycles. The number of fused-ring (bicyclic) bond motifs is 2. The van der Waals surface area contributed by atoms with Crippen LogP contribution in [-0.4, -0.2) is 9.13 Å². The number of aryl methyl sites for hydroxylation is 1. The smallest absolute Gasteiger partial charge is 0.0469 e. The van der Waals surface area contributed by atoms with Gasteiger partial charge in [0.1, 0.15) is 0 Å². The van der Waals surface area contributed by atoms with Gasteiger partial charge in [-0.15, -0.1) is 0 Å². The Morgan fingerprint density at radius 3 is 1.63 bits per heavy atom. The summed E-state index contributed by atoms with van der Waals surface area (Å²) in [5.41, 5.74) is 2.24. The number of aromatic nitrogens is 2. The van der Waals surface area contributed by atoms with Gasteiger partial charge in [0.25, 0.3) is 0 Å². The Bertz CT molecular complexity index is 1340. The van der Waals surface area contributed by atoms with Gasteiger partial charge in [0.15, 0.2) is 0 Å². The Morgan fingerprint density at radius 2 is 1.19 bits per heavy atom. The van der Waals surface area contributed by atoms with Gasteiger partial charge in [0, 0.05) is 54.2 Å². The maximum absolute atomic E-state index is 4.37. The van der Waals surface area contributed by atoms with E-state index in [0.29, 0.717) is 0 Å². The Kier molecular flexibility index (Phi) is 3.55. The van der Waals surface area contributed by atoms with E-state index >= 15 is 0 Å². The SMILES string of the molecule is C=c1c2cc3c(=C)n(C(C)(C)C)c(=C)c3cc2c(=C)n1-c1cccc(C)c1. The summed E-state index contributed by atoms with van der Waals surface area (Å²) in [6.45, 7) is 26.1. The first-order valence-electron chi connectivity index (χ1n) is 9.23. The molecule has 27 heavy (non-hydrogen) atoms. The third-order valence-electron chi connectivity index (χ3n) is 5.41. The zero-order valence-electron chi connectivity index (χ0n) is 16.7. The van der Waals surface area contributed by atoms with E-state index in [9.17, 15) is 0 Å². The molecule has 0 bridgehead atoms. The van der Waals surface area contributed by atoms with Crippen LogP contribution in [0.3, 0.4) is 0 Å². The van der Waals surface area contributed by atoms with Crippen LogP contribution >= 0.6 is 0 Å². The lowest BCUT2D eigenvalue weighted by atomic mass is 10.1. The molecule has 2 heterocycles. The lowest BCUT2D eigenvalue weighted by Gasteiger charge is -2.22. The topological polar surface area (TPSA) is 9.86 Å². The molecule has 0 saturated heterocycles. The minimum atomic E-state index is -0.0702. The van der Waals surface area contributed by atoms with Crippen molar-refractivity contribution in [3.05, 3.63) is 63.4 Å². The molecule has 0 fully saturated rings. The van der Waals surface area contributed by atoms with Gasteiger partial charge in [0.05, 0.1) is 0 Å². The van der Waals surface area contributed by atoms with Crippen LogP contribution in [0.5, 0.6) is 0 Å². The molecule has 0 spiro atoms. The first-order chi connectivity index (χ1) is 12.6. The fourth-order valence-corrected chi connectivity index (χ4v) is 4.25. The molecule has 4 aromatic rings. The molecular weight excluding hydrogens is 328 g/mol. The lowest BCUT2D eigenvalue weighted by molar-refractivity contribution is 0.383. The fourth-order valence-electron chi connectivity index (χ4n) is 4.25. The fraction of sp³-hybridized carbons (Fsp3) is 0.200. The molecule has 2 aromatic heterocycles. The van der Waals surface area contributed by atoms with Gasteiger partial charge in [-0.3, -0.25) is 0 Å². The van der Waals surface area contributed by atoms with Crippen LogP contribution in [-0.2, 0) is 5.54 Å². The molecule has 136 valence electrons. The molecule has 0 aliphatic rings. The predicted molar refractivity (Wildman–Crippen MR) is 119 cm³/mol. The first kappa shape index (κ1) is 17.4. The second-order valence-electron chi connectivity index (χ2n) is 8.41. The average Bonchev–Trinajstić information content (AvgIpc) is 2.97. The normalized spacial score (nSPS) is 12.3. The van der Waals surface area contributed by atoms with Crippen molar-refractivity contribution in [3.8, 4) is 5.69 Å². The summed E-state index contributed by atoms with van der Waals surface area (Å²) in [5.74, 6) is 0. The van der Waals surface area contributed by atoms with Crippen LogP contribution in [0.2, 0.25) is 0 Å². The molecule has 2 heteroatoms. The maximum atomic E-state index is 4.37. The van der Waals surface area contributed by atoms with E-state index in [2.05, 4.69) is 99.5 Å². The summed E-state index contributed by atoms with van der Waals surface area (Å²) < 4.78 is 4.36. The second-order valence-corrected chi connectivity index (χ2v) is 8.41. The van der Waals surface area contributed by atoms with E-state index in [1.807, 2.05) is 0 Å². The molecule has 4 rings (SSSR count). The van der Waals surface area contributed by atoms with Crippen LogP contribution in [0.15, 0.2) is 36.4 Å². The number of hydrogen-bond donors (Lipinski definition) is 0. The van der Waals surface area contributed by atoms with Gasteiger partial charge >= 0.3 is 0 Å². The second kappa shape index (κ2) is 5.50. The van der Waals surface area contributed by atoms with Crippen LogP contribution in [0, 0.1) is 6.92 Å². The highest BCUT2D eigenvalue weighted by Crippen LogP contribution is 2.18. The van der Waals surface area contributed by atoms with Crippen molar-refractivity contribution in [2.75, 3.05) is 0 Å². The summed E-state index contributed by atoms with van der Waals surface area (Å²) in [7, 11) is 0. The van der Waals surface area contributed by atoms with Crippen molar-refractivity contribution in [1.82, 2.24) is 9.13 Å². The van der Waals surface area contributed by atoms with E-state index in [0.717, 1.165) is 48.6 Å². The van der Waals surface area contributed by atoms with E-state index in [1.165, 1.54) is 5.56 Å². The average molecular weight is 354 g/mol.